The molecule has 0 saturated heterocycles. The Morgan fingerprint density at radius 2 is 1.87 bits per heavy atom. The molecule has 0 aliphatic carbocycles. The molecule has 0 spiro atoms. The monoisotopic (exact) mass is 253 g/mol. The Kier molecular flexibility index (Phi) is 5.39. The third kappa shape index (κ3) is 4.38. The molecule has 4 nitrogen and oxygen atoms in total. The molecule has 0 amide bonds. The lowest BCUT2D eigenvalue weighted by molar-refractivity contribution is -0.702. The lowest BCUT2D eigenvalue weighted by Crippen LogP contribution is -2.38. The fourth-order valence-corrected chi connectivity index (χ4v) is 1.43. The van der Waals surface area contributed by atoms with E-state index in [0.29, 0.717) is 13.1 Å². The molecular weight excluding hydrogens is 239 g/mol. The van der Waals surface area contributed by atoms with Gasteiger partial charge in [-0.15, -0.1) is 23.2 Å². The van der Waals surface area contributed by atoms with Crippen LogP contribution in [0.1, 0.15) is 0 Å². The summed E-state index contributed by atoms with van der Waals surface area (Å²) in [6.45, 7) is 0.904. The second-order valence-corrected chi connectivity index (χ2v) is 4.04. The number of aromatic nitrogens is 2. The maximum absolute atomic E-state index is 9.32. The van der Waals surface area contributed by atoms with Crippen LogP contribution in [0.4, 0.5) is 0 Å². The summed E-state index contributed by atoms with van der Waals surface area (Å²) in [5, 5.41) is 18.6. The summed E-state index contributed by atoms with van der Waals surface area (Å²) in [6, 6.07) is 0. The van der Waals surface area contributed by atoms with Crippen LogP contribution in [-0.4, -0.2) is 38.7 Å². The molecule has 2 atom stereocenters. The summed E-state index contributed by atoms with van der Waals surface area (Å²) < 4.78 is 3.63. The lowest BCUT2D eigenvalue weighted by Gasteiger charge is -2.03. The molecule has 0 fully saturated rings. The smallest absolute Gasteiger partial charge is 0.243 e. The fraction of sp³-hybridized carbons (Fsp3) is 0.667. The van der Waals surface area contributed by atoms with Gasteiger partial charge in [0.1, 0.15) is 37.7 Å². The number of hydrogen-bond acceptors (Lipinski definition) is 2. The van der Waals surface area contributed by atoms with E-state index >= 15 is 0 Å². The summed E-state index contributed by atoms with van der Waals surface area (Å²) in [5.74, 6) is 0.422. The number of halogens is 2. The molecule has 0 saturated carbocycles. The molecule has 6 heteroatoms. The van der Waals surface area contributed by atoms with Gasteiger partial charge in [0.05, 0.1) is 11.8 Å². The van der Waals surface area contributed by atoms with Crippen molar-refractivity contribution in [1.82, 2.24) is 4.57 Å². The van der Waals surface area contributed by atoms with Crippen LogP contribution in [0.25, 0.3) is 0 Å². The molecule has 15 heavy (non-hydrogen) atoms. The van der Waals surface area contributed by atoms with Gasteiger partial charge in [-0.2, -0.15) is 0 Å². The molecule has 86 valence electrons. The molecule has 0 aliphatic rings. The van der Waals surface area contributed by atoms with Crippen molar-refractivity contribution in [3.63, 3.8) is 0 Å². The average molecular weight is 254 g/mol. The van der Waals surface area contributed by atoms with Gasteiger partial charge in [0.2, 0.25) is 6.33 Å². The quantitative estimate of drug-likeness (QED) is 0.553. The molecule has 1 rings (SSSR count). The van der Waals surface area contributed by atoms with Crippen LogP contribution in [-0.2, 0) is 13.1 Å². The zero-order chi connectivity index (χ0) is 11.3. The topological polar surface area (TPSA) is 49.3 Å². The first-order valence-corrected chi connectivity index (χ1v) is 5.75. The summed E-state index contributed by atoms with van der Waals surface area (Å²) in [6.07, 6.45) is 4.33. The fourth-order valence-electron chi connectivity index (χ4n) is 1.24. The Bertz CT molecular complexity index is 267. The van der Waals surface area contributed by atoms with Crippen molar-refractivity contribution in [1.29, 1.82) is 0 Å². The first-order valence-electron chi connectivity index (χ1n) is 4.68. The van der Waals surface area contributed by atoms with E-state index in [2.05, 4.69) is 0 Å². The zero-order valence-corrected chi connectivity index (χ0v) is 9.77. The first-order chi connectivity index (χ1) is 7.15. The van der Waals surface area contributed by atoms with E-state index < -0.39 is 12.2 Å². The minimum Gasteiger partial charge on any atom is -0.388 e. The maximum Gasteiger partial charge on any atom is 0.243 e. The van der Waals surface area contributed by atoms with Crippen LogP contribution >= 0.6 is 23.2 Å². The number of hydrogen-bond donors (Lipinski definition) is 2. The van der Waals surface area contributed by atoms with Crippen LogP contribution < -0.4 is 4.57 Å². The third-order valence-corrected chi connectivity index (χ3v) is 2.66. The number of rotatable bonds is 6. The Morgan fingerprint density at radius 3 is 2.47 bits per heavy atom. The van der Waals surface area contributed by atoms with Gasteiger partial charge in [0.15, 0.2) is 0 Å². The predicted octanol–water partition coefficient (Wildman–Crippen LogP) is -0.0250. The summed E-state index contributed by atoms with van der Waals surface area (Å²) >= 11 is 11.0. The van der Waals surface area contributed by atoms with Crippen molar-refractivity contribution in [3.05, 3.63) is 18.7 Å². The van der Waals surface area contributed by atoms with Gasteiger partial charge in [-0.3, -0.25) is 0 Å². The van der Waals surface area contributed by atoms with Crippen LogP contribution in [0.3, 0.4) is 0 Å². The Balaban J connectivity index is 2.49. The van der Waals surface area contributed by atoms with Crippen molar-refractivity contribution < 1.29 is 14.8 Å². The van der Waals surface area contributed by atoms with Crippen LogP contribution in [0, 0.1) is 0 Å². The van der Waals surface area contributed by atoms with Gasteiger partial charge in [0.25, 0.3) is 0 Å². The highest BCUT2D eigenvalue weighted by atomic mass is 35.5. The highest BCUT2D eigenvalue weighted by Gasteiger charge is 2.11. The van der Waals surface area contributed by atoms with Crippen molar-refractivity contribution in [3.8, 4) is 0 Å². The van der Waals surface area contributed by atoms with Crippen LogP contribution in [0.15, 0.2) is 18.7 Å². The molecular formula is C9H15Cl2N2O2+. The lowest BCUT2D eigenvalue weighted by atomic mass is 10.4. The summed E-state index contributed by atoms with van der Waals surface area (Å²) in [7, 11) is 0. The van der Waals surface area contributed by atoms with E-state index in [1.165, 1.54) is 0 Å². The average Bonchev–Trinajstić information content (AvgIpc) is 2.65. The molecule has 1 aromatic heterocycles. The molecule has 0 bridgehead atoms. The molecule has 2 unspecified atom stereocenters. The van der Waals surface area contributed by atoms with Crippen molar-refractivity contribution in [2.24, 2.45) is 0 Å². The normalized spacial score (nSPS) is 15.2. The zero-order valence-electron chi connectivity index (χ0n) is 8.26. The largest absolute Gasteiger partial charge is 0.388 e. The van der Waals surface area contributed by atoms with E-state index in [1.807, 2.05) is 21.5 Å². The van der Waals surface area contributed by atoms with Crippen molar-refractivity contribution in [2.45, 2.75) is 25.3 Å². The minimum atomic E-state index is -0.550. The maximum atomic E-state index is 9.32. The Labute approximate surface area is 98.7 Å². The van der Waals surface area contributed by atoms with E-state index in [0.717, 1.165) is 0 Å². The number of aliphatic hydroxyl groups is 2. The van der Waals surface area contributed by atoms with Crippen LogP contribution in [0.5, 0.6) is 0 Å². The number of imidazole rings is 1. The van der Waals surface area contributed by atoms with Gasteiger partial charge in [-0.1, -0.05) is 0 Å². The second-order valence-electron chi connectivity index (χ2n) is 3.42. The van der Waals surface area contributed by atoms with E-state index in [9.17, 15) is 10.2 Å². The first kappa shape index (κ1) is 12.8. The highest BCUT2D eigenvalue weighted by Crippen LogP contribution is 1.94. The number of alkyl halides is 2. The van der Waals surface area contributed by atoms with Gasteiger partial charge >= 0.3 is 0 Å². The van der Waals surface area contributed by atoms with E-state index in [1.54, 1.807) is 6.33 Å². The number of nitrogens with zero attached hydrogens (tertiary/aromatic N) is 2. The molecule has 1 aromatic rings. The molecule has 1 heterocycles. The van der Waals surface area contributed by atoms with E-state index in [-0.39, 0.29) is 11.8 Å². The summed E-state index contributed by atoms with van der Waals surface area (Å²) in [5.41, 5.74) is 0. The van der Waals surface area contributed by atoms with Gasteiger partial charge in [-0.05, 0) is 0 Å². The second kappa shape index (κ2) is 6.33. The summed E-state index contributed by atoms with van der Waals surface area (Å²) in [4.78, 5) is 0. The number of aliphatic hydroxyl groups excluding tert-OH is 2. The standard InChI is InChI=1S/C9H15Cl2N2O2/c10-3-8(14)5-12-1-2-13(7-12)6-9(15)4-11/h1-2,7-9,14-15H,3-6H2/q+1. The molecule has 0 radical (unpaired) electrons. The predicted molar refractivity (Wildman–Crippen MR) is 58.1 cm³/mol. The van der Waals surface area contributed by atoms with Crippen molar-refractivity contribution in [2.75, 3.05) is 11.8 Å². The van der Waals surface area contributed by atoms with Gasteiger partial charge in [-0.25, -0.2) is 9.13 Å². The third-order valence-electron chi connectivity index (χ3n) is 1.95. The van der Waals surface area contributed by atoms with E-state index in [4.69, 9.17) is 23.2 Å². The molecule has 2 N–H and O–H groups in total. The molecule has 0 aliphatic heterocycles. The van der Waals surface area contributed by atoms with Gasteiger partial charge in [0, 0.05) is 0 Å². The van der Waals surface area contributed by atoms with Crippen molar-refractivity contribution >= 4 is 23.2 Å². The molecule has 0 aromatic carbocycles. The van der Waals surface area contributed by atoms with Gasteiger partial charge < -0.3 is 10.2 Å². The Hall–Kier alpha value is -0.290. The Morgan fingerprint density at radius 1 is 1.20 bits per heavy atom. The van der Waals surface area contributed by atoms with Crippen LogP contribution in [0.2, 0.25) is 0 Å². The SMILES string of the molecule is OC(CCl)Cn1cc[n+](CC(O)CCl)c1. The minimum absolute atomic E-state index is 0.211. The highest BCUT2D eigenvalue weighted by molar-refractivity contribution is 6.18.